The molecule has 4 heteroatoms. The lowest BCUT2D eigenvalue weighted by atomic mass is 9.90. The highest BCUT2D eigenvalue weighted by Gasteiger charge is 2.32. The van der Waals surface area contributed by atoms with Crippen LogP contribution in [0.3, 0.4) is 0 Å². The second-order valence-electron chi connectivity index (χ2n) is 8.54. The summed E-state index contributed by atoms with van der Waals surface area (Å²) in [7, 11) is 1.67. The number of ketones is 1. The van der Waals surface area contributed by atoms with Crippen LogP contribution in [0.15, 0.2) is 78.9 Å². The number of aromatic nitrogens is 1. The minimum Gasteiger partial charge on any atom is -0.497 e. The SMILES string of the molecule is COc1ccc(N2C(c3cccc(C)c3)=Cc3nc4ccccc4cc3C2CC(C)=O)cc1. The fourth-order valence-electron chi connectivity index (χ4n) is 4.60. The molecular weight excluding hydrogens is 408 g/mol. The van der Waals surface area contributed by atoms with Crippen LogP contribution in [-0.2, 0) is 4.79 Å². The Labute approximate surface area is 194 Å². The molecule has 0 saturated carbocycles. The van der Waals surface area contributed by atoms with Crippen molar-refractivity contribution in [1.82, 2.24) is 4.98 Å². The van der Waals surface area contributed by atoms with E-state index >= 15 is 0 Å². The number of fused-ring (bicyclic) bond motifs is 2. The number of benzene rings is 3. The van der Waals surface area contributed by atoms with Crippen LogP contribution in [0.5, 0.6) is 5.75 Å². The van der Waals surface area contributed by atoms with E-state index in [1.54, 1.807) is 14.0 Å². The highest BCUT2D eigenvalue weighted by atomic mass is 16.5. The Hall–Kier alpha value is -3.92. The predicted octanol–water partition coefficient (Wildman–Crippen LogP) is 6.59. The van der Waals surface area contributed by atoms with E-state index in [9.17, 15) is 4.79 Å². The third-order valence-electron chi connectivity index (χ3n) is 6.13. The van der Waals surface area contributed by atoms with E-state index in [0.717, 1.165) is 44.9 Å². The van der Waals surface area contributed by atoms with Crippen LogP contribution in [-0.4, -0.2) is 17.9 Å². The summed E-state index contributed by atoms with van der Waals surface area (Å²) in [5.41, 5.74) is 7.26. The van der Waals surface area contributed by atoms with Gasteiger partial charge in [0.25, 0.3) is 0 Å². The highest BCUT2D eigenvalue weighted by molar-refractivity contribution is 5.96. The molecule has 0 amide bonds. The number of aryl methyl sites for hydroxylation is 1. The van der Waals surface area contributed by atoms with Crippen molar-refractivity contribution in [2.45, 2.75) is 26.3 Å². The number of para-hydroxylation sites is 1. The molecule has 0 spiro atoms. The lowest BCUT2D eigenvalue weighted by molar-refractivity contribution is -0.117. The number of anilines is 1. The molecule has 0 bridgehead atoms. The molecule has 1 aromatic heterocycles. The molecule has 0 saturated heterocycles. The van der Waals surface area contributed by atoms with Gasteiger partial charge in [-0.15, -0.1) is 0 Å². The predicted molar refractivity (Wildman–Crippen MR) is 134 cm³/mol. The first kappa shape index (κ1) is 21.0. The van der Waals surface area contributed by atoms with Gasteiger partial charge in [-0.1, -0.05) is 42.0 Å². The first-order valence-corrected chi connectivity index (χ1v) is 11.1. The molecule has 0 radical (unpaired) electrons. The Bertz CT molecular complexity index is 1370. The summed E-state index contributed by atoms with van der Waals surface area (Å²) in [6, 6.07) is 26.6. The van der Waals surface area contributed by atoms with Gasteiger partial charge in [-0.25, -0.2) is 4.98 Å². The number of ether oxygens (including phenoxy) is 1. The molecule has 164 valence electrons. The molecule has 1 aliphatic heterocycles. The first-order chi connectivity index (χ1) is 16.0. The van der Waals surface area contributed by atoms with Crippen molar-refractivity contribution in [1.29, 1.82) is 0 Å². The number of hydrogen-bond donors (Lipinski definition) is 0. The smallest absolute Gasteiger partial charge is 0.132 e. The zero-order chi connectivity index (χ0) is 22.9. The van der Waals surface area contributed by atoms with E-state index in [0.29, 0.717) is 6.42 Å². The third kappa shape index (κ3) is 4.00. The normalized spacial score (nSPS) is 15.2. The van der Waals surface area contributed by atoms with Gasteiger partial charge in [0.2, 0.25) is 0 Å². The fraction of sp³-hybridized carbons (Fsp3) is 0.172. The van der Waals surface area contributed by atoms with Crippen molar-refractivity contribution in [2.75, 3.05) is 12.0 Å². The average Bonchev–Trinajstić information content (AvgIpc) is 2.82. The van der Waals surface area contributed by atoms with Crippen LogP contribution in [0.2, 0.25) is 0 Å². The lowest BCUT2D eigenvalue weighted by Crippen LogP contribution is -2.32. The molecule has 1 aliphatic rings. The second kappa shape index (κ2) is 8.55. The number of nitrogens with zero attached hydrogens (tertiary/aromatic N) is 2. The van der Waals surface area contributed by atoms with Gasteiger partial charge in [0, 0.05) is 23.1 Å². The van der Waals surface area contributed by atoms with Gasteiger partial charge < -0.3 is 9.64 Å². The van der Waals surface area contributed by atoms with E-state index in [4.69, 9.17) is 9.72 Å². The molecule has 33 heavy (non-hydrogen) atoms. The molecule has 4 nitrogen and oxygen atoms in total. The number of Topliss-reactive ketones (excluding diaryl/α,β-unsaturated/α-hetero) is 1. The molecule has 1 unspecified atom stereocenters. The summed E-state index contributed by atoms with van der Waals surface area (Å²) in [6.45, 7) is 3.75. The molecular formula is C29H26N2O2. The Morgan fingerprint density at radius 2 is 1.79 bits per heavy atom. The van der Waals surface area contributed by atoms with Crippen molar-refractivity contribution in [3.05, 3.63) is 101 Å². The summed E-state index contributed by atoms with van der Waals surface area (Å²) in [6.07, 6.45) is 2.54. The van der Waals surface area contributed by atoms with Gasteiger partial charge >= 0.3 is 0 Å². The largest absolute Gasteiger partial charge is 0.497 e. The Morgan fingerprint density at radius 1 is 1.00 bits per heavy atom. The zero-order valence-electron chi connectivity index (χ0n) is 19.1. The van der Waals surface area contributed by atoms with Crippen LogP contribution in [0.25, 0.3) is 22.7 Å². The molecule has 1 atom stereocenters. The molecule has 2 heterocycles. The standard InChI is InChI=1S/C29H26N2O2/c1-19-7-6-9-22(15-19)28-18-27-25(17-21-8-4-5-10-26(21)30-27)29(16-20(2)32)31(28)23-11-13-24(33-3)14-12-23/h4-15,17-18,29H,16H2,1-3H3. The fourth-order valence-corrected chi connectivity index (χ4v) is 4.60. The summed E-state index contributed by atoms with van der Waals surface area (Å²) in [4.78, 5) is 19.7. The lowest BCUT2D eigenvalue weighted by Gasteiger charge is -2.39. The number of pyridine rings is 1. The monoisotopic (exact) mass is 434 g/mol. The van der Waals surface area contributed by atoms with Crippen LogP contribution < -0.4 is 9.64 Å². The number of carbonyl (C=O) groups is 1. The quantitative estimate of drug-likeness (QED) is 0.355. The van der Waals surface area contributed by atoms with E-state index in [1.165, 1.54) is 5.56 Å². The minimum atomic E-state index is -0.163. The maximum atomic E-state index is 12.5. The van der Waals surface area contributed by atoms with Crippen LogP contribution >= 0.6 is 0 Å². The zero-order valence-corrected chi connectivity index (χ0v) is 19.1. The van der Waals surface area contributed by atoms with Crippen molar-refractivity contribution in [2.24, 2.45) is 0 Å². The van der Waals surface area contributed by atoms with E-state index in [1.807, 2.05) is 30.3 Å². The number of hydrogen-bond acceptors (Lipinski definition) is 4. The van der Waals surface area contributed by atoms with E-state index in [-0.39, 0.29) is 11.8 Å². The maximum absolute atomic E-state index is 12.5. The molecule has 0 N–H and O–H groups in total. The Morgan fingerprint density at radius 3 is 2.52 bits per heavy atom. The van der Waals surface area contributed by atoms with Gasteiger partial charge in [-0.05, 0) is 68.0 Å². The molecule has 5 rings (SSSR count). The van der Waals surface area contributed by atoms with Crippen molar-refractivity contribution < 1.29 is 9.53 Å². The molecule has 0 aliphatic carbocycles. The van der Waals surface area contributed by atoms with Crippen molar-refractivity contribution >= 4 is 34.1 Å². The number of rotatable bonds is 5. The van der Waals surface area contributed by atoms with Crippen LogP contribution in [0.4, 0.5) is 5.69 Å². The Kier molecular flexibility index (Phi) is 5.43. The first-order valence-electron chi connectivity index (χ1n) is 11.1. The number of carbonyl (C=O) groups excluding carboxylic acids is 1. The van der Waals surface area contributed by atoms with Crippen molar-refractivity contribution in [3.8, 4) is 5.75 Å². The summed E-state index contributed by atoms with van der Waals surface area (Å²) < 4.78 is 5.38. The molecule has 0 fully saturated rings. The average molecular weight is 435 g/mol. The molecule has 3 aromatic carbocycles. The summed E-state index contributed by atoms with van der Waals surface area (Å²) in [5.74, 6) is 0.941. The van der Waals surface area contributed by atoms with Gasteiger partial charge in [0.15, 0.2) is 0 Å². The summed E-state index contributed by atoms with van der Waals surface area (Å²) >= 11 is 0. The van der Waals surface area contributed by atoms with Crippen LogP contribution in [0.1, 0.15) is 41.8 Å². The van der Waals surface area contributed by atoms with Gasteiger partial charge in [0.1, 0.15) is 11.5 Å². The third-order valence-corrected chi connectivity index (χ3v) is 6.13. The van der Waals surface area contributed by atoms with Gasteiger partial charge in [-0.2, -0.15) is 0 Å². The van der Waals surface area contributed by atoms with Crippen molar-refractivity contribution in [3.63, 3.8) is 0 Å². The summed E-state index contributed by atoms with van der Waals surface area (Å²) in [5, 5.41) is 1.08. The van der Waals surface area contributed by atoms with E-state index in [2.05, 4.69) is 66.4 Å². The maximum Gasteiger partial charge on any atom is 0.132 e. The highest BCUT2D eigenvalue weighted by Crippen LogP contribution is 2.44. The number of methoxy groups -OCH3 is 1. The van der Waals surface area contributed by atoms with E-state index < -0.39 is 0 Å². The van der Waals surface area contributed by atoms with Gasteiger partial charge in [0.05, 0.1) is 30.1 Å². The van der Waals surface area contributed by atoms with Gasteiger partial charge in [-0.3, -0.25) is 4.79 Å². The van der Waals surface area contributed by atoms with Crippen LogP contribution in [0, 0.1) is 6.92 Å². The second-order valence-corrected chi connectivity index (χ2v) is 8.54. The topological polar surface area (TPSA) is 42.4 Å². The Balaban J connectivity index is 1.78. The molecule has 4 aromatic rings. The minimum absolute atomic E-state index is 0.142.